The van der Waals surface area contributed by atoms with Crippen LogP contribution in [0.15, 0.2) is 29.2 Å². The fourth-order valence-corrected chi connectivity index (χ4v) is 0.746. The first-order chi connectivity index (χ1) is 5.63. The smallest absolute Gasteiger partial charge is 0.360 e. The minimum absolute atomic E-state index is 0.502. The maximum Gasteiger partial charge on any atom is 0.360 e. The van der Waals surface area contributed by atoms with Crippen molar-refractivity contribution in [3.63, 3.8) is 0 Å². The topological polar surface area (TPSA) is 59.3 Å². The van der Waals surface area contributed by atoms with Gasteiger partial charge in [-0.25, -0.2) is 9.18 Å². The molecule has 0 aliphatic rings. The zero-order chi connectivity index (χ0) is 9.14. The normalized spacial score (nSPS) is 12.4. The molecule has 1 aromatic heterocycles. The Bertz CT molecular complexity index is 347. The minimum Gasteiger partial charge on any atom is -0.478 e. The Hall–Kier alpha value is -1.65. The summed E-state index contributed by atoms with van der Waals surface area (Å²) in [6.07, 6.45) is -1.22. The first kappa shape index (κ1) is 8.45. The van der Waals surface area contributed by atoms with Gasteiger partial charge in [0.05, 0.1) is 0 Å². The van der Waals surface area contributed by atoms with Crippen molar-refractivity contribution in [1.29, 1.82) is 0 Å². The van der Waals surface area contributed by atoms with Crippen LogP contribution in [0, 0.1) is 0 Å². The van der Waals surface area contributed by atoms with Crippen LogP contribution in [0.3, 0.4) is 0 Å². The molecular weight excluding hydrogens is 165 g/mol. The van der Waals surface area contributed by atoms with E-state index in [0.717, 1.165) is 12.3 Å². The van der Waals surface area contributed by atoms with Crippen molar-refractivity contribution in [2.75, 3.05) is 0 Å². The van der Waals surface area contributed by atoms with Gasteiger partial charge in [-0.1, -0.05) is 6.07 Å². The maximum absolute atomic E-state index is 12.7. The Balaban J connectivity index is 3.11. The summed E-state index contributed by atoms with van der Waals surface area (Å²) >= 11 is 0. The lowest BCUT2D eigenvalue weighted by molar-refractivity contribution is -0.146. The number of carboxylic acids is 1. The van der Waals surface area contributed by atoms with E-state index in [1.165, 1.54) is 12.1 Å². The number of rotatable bonds is 2. The van der Waals surface area contributed by atoms with Crippen molar-refractivity contribution in [3.8, 4) is 0 Å². The molecule has 1 aromatic rings. The molecule has 0 saturated carbocycles. The standard InChI is InChI=1S/C7H6FNO3/c8-6(7(11)12)9-4-2-1-3-5(9)10/h1-4,6H,(H,11,12). The monoisotopic (exact) mass is 171 g/mol. The van der Waals surface area contributed by atoms with Gasteiger partial charge in [-0.2, -0.15) is 0 Å². The summed E-state index contributed by atoms with van der Waals surface area (Å²) in [5, 5.41) is 8.23. The van der Waals surface area contributed by atoms with Crippen LogP contribution in [0.25, 0.3) is 0 Å². The summed E-state index contributed by atoms with van der Waals surface area (Å²) in [5.41, 5.74) is -0.674. The maximum atomic E-state index is 12.7. The lowest BCUT2D eigenvalue weighted by atomic mass is 10.4. The highest BCUT2D eigenvalue weighted by molar-refractivity contribution is 5.70. The van der Waals surface area contributed by atoms with Gasteiger partial charge in [0.15, 0.2) is 0 Å². The van der Waals surface area contributed by atoms with E-state index in [9.17, 15) is 14.0 Å². The Labute approximate surface area is 66.9 Å². The van der Waals surface area contributed by atoms with E-state index >= 15 is 0 Å². The molecule has 1 unspecified atom stereocenters. The molecule has 0 aliphatic heterocycles. The third-order valence-electron chi connectivity index (χ3n) is 1.30. The van der Waals surface area contributed by atoms with Crippen LogP contribution < -0.4 is 5.56 Å². The number of aromatic nitrogens is 1. The van der Waals surface area contributed by atoms with Crippen LogP contribution in [0.4, 0.5) is 4.39 Å². The van der Waals surface area contributed by atoms with Crippen molar-refractivity contribution >= 4 is 5.97 Å². The van der Waals surface area contributed by atoms with Gasteiger partial charge in [0.25, 0.3) is 11.9 Å². The number of aliphatic carboxylic acids is 1. The van der Waals surface area contributed by atoms with Crippen LogP contribution in [0.1, 0.15) is 6.30 Å². The number of halogens is 1. The molecular formula is C7H6FNO3. The van der Waals surface area contributed by atoms with Gasteiger partial charge in [-0.3, -0.25) is 9.36 Å². The van der Waals surface area contributed by atoms with Gasteiger partial charge in [0.2, 0.25) is 0 Å². The van der Waals surface area contributed by atoms with Crippen LogP contribution in [0.2, 0.25) is 0 Å². The molecule has 1 atom stereocenters. The molecule has 0 aromatic carbocycles. The van der Waals surface area contributed by atoms with E-state index in [-0.39, 0.29) is 0 Å². The Morgan fingerprint density at radius 1 is 1.58 bits per heavy atom. The quantitative estimate of drug-likeness (QED) is 0.700. The molecule has 1 heterocycles. The van der Waals surface area contributed by atoms with Crippen LogP contribution >= 0.6 is 0 Å². The van der Waals surface area contributed by atoms with Crippen molar-refractivity contribution in [2.45, 2.75) is 6.30 Å². The van der Waals surface area contributed by atoms with Crippen LogP contribution in [0.5, 0.6) is 0 Å². The second kappa shape index (κ2) is 3.17. The highest BCUT2D eigenvalue weighted by Gasteiger charge is 2.17. The second-order valence-corrected chi connectivity index (χ2v) is 2.12. The molecule has 0 bridgehead atoms. The first-order valence-electron chi connectivity index (χ1n) is 3.17. The number of carbonyl (C=O) groups is 1. The summed E-state index contributed by atoms with van der Waals surface area (Å²) in [5.74, 6) is -1.68. The van der Waals surface area contributed by atoms with Gasteiger partial charge >= 0.3 is 5.97 Å². The van der Waals surface area contributed by atoms with E-state index in [0.29, 0.717) is 4.57 Å². The molecule has 5 heteroatoms. The van der Waals surface area contributed by atoms with Gasteiger partial charge in [0.1, 0.15) is 0 Å². The molecule has 0 fully saturated rings. The Morgan fingerprint density at radius 2 is 2.25 bits per heavy atom. The van der Waals surface area contributed by atoms with E-state index in [4.69, 9.17) is 5.11 Å². The second-order valence-electron chi connectivity index (χ2n) is 2.12. The minimum atomic E-state index is -2.31. The molecule has 0 spiro atoms. The predicted octanol–water partition coefficient (Wildman–Crippen LogP) is 0.401. The molecule has 1 rings (SSSR count). The summed E-state index contributed by atoms with van der Waals surface area (Å²) in [7, 11) is 0. The van der Waals surface area contributed by atoms with E-state index < -0.39 is 17.8 Å². The molecule has 0 aliphatic carbocycles. The van der Waals surface area contributed by atoms with Crippen molar-refractivity contribution in [3.05, 3.63) is 34.7 Å². The summed E-state index contributed by atoms with van der Waals surface area (Å²) in [4.78, 5) is 20.9. The SMILES string of the molecule is O=C(O)C(F)n1ccccc1=O. The largest absolute Gasteiger partial charge is 0.478 e. The van der Waals surface area contributed by atoms with Crippen LogP contribution in [-0.2, 0) is 4.79 Å². The Morgan fingerprint density at radius 3 is 2.75 bits per heavy atom. The fourth-order valence-electron chi connectivity index (χ4n) is 0.746. The highest BCUT2D eigenvalue weighted by Crippen LogP contribution is 2.03. The van der Waals surface area contributed by atoms with Crippen LogP contribution in [-0.4, -0.2) is 15.6 Å². The molecule has 0 amide bonds. The predicted molar refractivity (Wildman–Crippen MR) is 38.5 cm³/mol. The average molecular weight is 171 g/mol. The molecule has 4 nitrogen and oxygen atoms in total. The third-order valence-corrected chi connectivity index (χ3v) is 1.30. The number of alkyl halides is 1. The van der Waals surface area contributed by atoms with Gasteiger partial charge in [-0.15, -0.1) is 0 Å². The number of carboxylic acid groups (broad SMARTS) is 1. The number of hydrogen-bond acceptors (Lipinski definition) is 2. The molecule has 0 saturated heterocycles. The van der Waals surface area contributed by atoms with Crippen molar-refractivity contribution in [1.82, 2.24) is 4.57 Å². The number of nitrogens with zero attached hydrogens (tertiary/aromatic N) is 1. The zero-order valence-electron chi connectivity index (χ0n) is 5.98. The molecule has 12 heavy (non-hydrogen) atoms. The first-order valence-corrected chi connectivity index (χ1v) is 3.17. The fraction of sp³-hybridized carbons (Fsp3) is 0.143. The molecule has 0 radical (unpaired) electrons. The number of hydrogen-bond donors (Lipinski definition) is 1. The lowest BCUT2D eigenvalue weighted by Crippen LogP contribution is -2.25. The number of pyridine rings is 1. The molecule has 1 N–H and O–H groups in total. The summed E-state index contributed by atoms with van der Waals surface area (Å²) in [6, 6.07) is 3.89. The van der Waals surface area contributed by atoms with Gasteiger partial charge < -0.3 is 5.11 Å². The molecule has 64 valence electrons. The van der Waals surface area contributed by atoms with E-state index in [1.807, 2.05) is 0 Å². The van der Waals surface area contributed by atoms with Gasteiger partial charge in [0, 0.05) is 12.3 Å². The average Bonchev–Trinajstić information content (AvgIpc) is 2.04. The van der Waals surface area contributed by atoms with Crippen molar-refractivity contribution in [2.24, 2.45) is 0 Å². The summed E-state index contributed by atoms with van der Waals surface area (Å²) in [6.45, 7) is 0. The zero-order valence-corrected chi connectivity index (χ0v) is 5.98. The highest BCUT2D eigenvalue weighted by atomic mass is 19.1. The summed E-state index contributed by atoms with van der Waals surface area (Å²) < 4.78 is 13.2. The lowest BCUT2D eigenvalue weighted by Gasteiger charge is -2.04. The van der Waals surface area contributed by atoms with Crippen molar-refractivity contribution < 1.29 is 14.3 Å². The third kappa shape index (κ3) is 1.50. The van der Waals surface area contributed by atoms with E-state index in [2.05, 4.69) is 0 Å². The Kier molecular flexibility index (Phi) is 2.23. The van der Waals surface area contributed by atoms with E-state index in [1.54, 1.807) is 0 Å². The van der Waals surface area contributed by atoms with Gasteiger partial charge in [-0.05, 0) is 6.07 Å².